The van der Waals surface area contributed by atoms with Gasteiger partial charge in [-0.3, -0.25) is 0 Å². The molecule has 2 heterocycles. The van der Waals surface area contributed by atoms with E-state index in [1.165, 1.54) is 13.3 Å². The fourth-order valence-electron chi connectivity index (χ4n) is 1.96. The second kappa shape index (κ2) is 4.88. The molecule has 0 bridgehead atoms. The number of hydrogen-bond donors (Lipinski definition) is 0. The molecule has 0 amide bonds. The molecule has 1 aliphatic heterocycles. The zero-order valence-electron chi connectivity index (χ0n) is 10.0. The monoisotopic (exact) mass is 256 g/mol. The lowest BCUT2D eigenvalue weighted by atomic mass is 10.1. The van der Waals surface area contributed by atoms with Gasteiger partial charge in [0.05, 0.1) is 7.11 Å². The van der Waals surface area contributed by atoms with Crippen LogP contribution in [0.5, 0.6) is 0 Å². The molecule has 0 spiro atoms. The summed E-state index contributed by atoms with van der Waals surface area (Å²) < 4.78 is 30.8. The van der Waals surface area contributed by atoms with E-state index in [0.29, 0.717) is 11.4 Å². The van der Waals surface area contributed by atoms with Crippen molar-refractivity contribution in [3.05, 3.63) is 23.9 Å². The van der Waals surface area contributed by atoms with Gasteiger partial charge in [0.1, 0.15) is 11.4 Å². The Kier molecular flexibility index (Phi) is 3.45. The summed E-state index contributed by atoms with van der Waals surface area (Å²) in [6.07, 6.45) is 1.10. The van der Waals surface area contributed by atoms with E-state index < -0.39 is 11.9 Å². The molecule has 1 saturated heterocycles. The number of nitrogens with zero attached hydrogens (tertiary/aromatic N) is 2. The zero-order valence-corrected chi connectivity index (χ0v) is 10.0. The fraction of sp³-hybridized carbons (Fsp3) is 0.500. The van der Waals surface area contributed by atoms with Crippen LogP contribution in [0.15, 0.2) is 18.3 Å². The normalized spacial score (nSPS) is 18.5. The van der Waals surface area contributed by atoms with E-state index in [4.69, 9.17) is 0 Å². The molecule has 1 aromatic heterocycles. The number of hydrogen-bond acceptors (Lipinski definition) is 4. The van der Waals surface area contributed by atoms with Gasteiger partial charge in [0.15, 0.2) is 0 Å². The fourth-order valence-corrected chi connectivity index (χ4v) is 1.96. The van der Waals surface area contributed by atoms with Crippen LogP contribution in [0, 0.1) is 0 Å². The third-order valence-corrected chi connectivity index (χ3v) is 2.99. The smallest absolute Gasteiger partial charge is 0.341 e. The van der Waals surface area contributed by atoms with Crippen molar-refractivity contribution in [3.8, 4) is 0 Å². The Morgan fingerprint density at radius 3 is 2.72 bits per heavy atom. The number of pyridine rings is 1. The van der Waals surface area contributed by atoms with E-state index in [-0.39, 0.29) is 25.9 Å². The summed E-state index contributed by atoms with van der Waals surface area (Å²) in [4.78, 5) is 17.4. The standard InChI is InChI=1S/C12H14F2N2O2/c1-18-11(17)9-3-2-6-15-10(9)16-7-4-12(13,14)5-8-16/h2-3,6H,4-5,7-8H2,1H3. The summed E-state index contributed by atoms with van der Waals surface area (Å²) in [6, 6.07) is 3.20. The molecule has 0 atom stereocenters. The van der Waals surface area contributed by atoms with Crippen molar-refractivity contribution in [3.63, 3.8) is 0 Å². The lowest BCUT2D eigenvalue weighted by Crippen LogP contribution is -2.40. The maximum Gasteiger partial charge on any atom is 0.341 e. The van der Waals surface area contributed by atoms with Gasteiger partial charge in [0.2, 0.25) is 0 Å². The number of ether oxygens (including phenoxy) is 1. The highest BCUT2D eigenvalue weighted by molar-refractivity contribution is 5.94. The first kappa shape index (κ1) is 12.7. The van der Waals surface area contributed by atoms with Crippen LogP contribution in [0.25, 0.3) is 0 Å². The third-order valence-electron chi connectivity index (χ3n) is 2.99. The third kappa shape index (κ3) is 2.57. The van der Waals surface area contributed by atoms with Gasteiger partial charge in [0, 0.05) is 32.1 Å². The van der Waals surface area contributed by atoms with Gasteiger partial charge in [-0.1, -0.05) is 0 Å². The van der Waals surface area contributed by atoms with E-state index in [0.717, 1.165) is 0 Å². The lowest BCUT2D eigenvalue weighted by Gasteiger charge is -2.33. The minimum atomic E-state index is -2.61. The first-order valence-corrected chi connectivity index (χ1v) is 5.69. The van der Waals surface area contributed by atoms with E-state index >= 15 is 0 Å². The lowest BCUT2D eigenvalue weighted by molar-refractivity contribution is -0.0221. The van der Waals surface area contributed by atoms with Gasteiger partial charge in [-0.15, -0.1) is 0 Å². The number of carbonyl (C=O) groups is 1. The molecule has 2 rings (SSSR count). The molecule has 1 aliphatic rings. The van der Waals surface area contributed by atoms with Crippen LogP contribution in [0.1, 0.15) is 23.2 Å². The SMILES string of the molecule is COC(=O)c1cccnc1N1CCC(F)(F)CC1. The molecule has 1 fully saturated rings. The topological polar surface area (TPSA) is 42.4 Å². The number of piperidine rings is 1. The van der Waals surface area contributed by atoms with Crippen molar-refractivity contribution in [2.24, 2.45) is 0 Å². The molecule has 0 saturated carbocycles. The number of carbonyl (C=O) groups excluding carboxylic acids is 1. The van der Waals surface area contributed by atoms with Crippen LogP contribution in [-0.4, -0.2) is 37.1 Å². The maximum absolute atomic E-state index is 13.1. The molecule has 4 nitrogen and oxygen atoms in total. The van der Waals surface area contributed by atoms with Crippen LogP contribution in [0.3, 0.4) is 0 Å². The predicted octanol–water partition coefficient (Wildman–Crippen LogP) is 2.10. The average molecular weight is 256 g/mol. The Morgan fingerprint density at radius 2 is 2.11 bits per heavy atom. The molecule has 1 aromatic rings. The van der Waals surface area contributed by atoms with Crippen molar-refractivity contribution >= 4 is 11.8 Å². The number of halogens is 2. The predicted molar refractivity (Wildman–Crippen MR) is 62.0 cm³/mol. The number of rotatable bonds is 2. The highest BCUT2D eigenvalue weighted by Gasteiger charge is 2.35. The molecule has 18 heavy (non-hydrogen) atoms. The van der Waals surface area contributed by atoms with E-state index in [9.17, 15) is 13.6 Å². The summed E-state index contributed by atoms with van der Waals surface area (Å²) >= 11 is 0. The van der Waals surface area contributed by atoms with Gasteiger partial charge in [-0.05, 0) is 12.1 Å². The summed E-state index contributed by atoms with van der Waals surface area (Å²) in [5.41, 5.74) is 0.310. The van der Waals surface area contributed by atoms with E-state index in [2.05, 4.69) is 9.72 Å². The van der Waals surface area contributed by atoms with Crippen molar-refractivity contribution in [1.29, 1.82) is 0 Å². The first-order chi connectivity index (χ1) is 8.53. The molecular weight excluding hydrogens is 242 g/mol. The average Bonchev–Trinajstić information content (AvgIpc) is 2.38. The molecule has 0 aromatic carbocycles. The largest absolute Gasteiger partial charge is 0.465 e. The van der Waals surface area contributed by atoms with Gasteiger partial charge >= 0.3 is 5.97 Å². The highest BCUT2D eigenvalue weighted by Crippen LogP contribution is 2.30. The second-order valence-electron chi connectivity index (χ2n) is 4.21. The van der Waals surface area contributed by atoms with Gasteiger partial charge in [-0.25, -0.2) is 18.6 Å². The highest BCUT2D eigenvalue weighted by atomic mass is 19.3. The molecule has 0 unspecified atom stereocenters. The minimum absolute atomic E-state index is 0.188. The zero-order chi connectivity index (χ0) is 13.2. The summed E-state index contributed by atoms with van der Waals surface area (Å²) in [5, 5.41) is 0. The van der Waals surface area contributed by atoms with Crippen LogP contribution in [0.2, 0.25) is 0 Å². The Labute approximate surface area is 104 Å². The number of methoxy groups -OCH3 is 1. The van der Waals surface area contributed by atoms with Crippen LogP contribution in [0.4, 0.5) is 14.6 Å². The number of esters is 1. The van der Waals surface area contributed by atoms with Crippen LogP contribution in [-0.2, 0) is 4.74 Å². The van der Waals surface area contributed by atoms with Crippen LogP contribution < -0.4 is 4.90 Å². The van der Waals surface area contributed by atoms with E-state index in [1.807, 2.05) is 0 Å². The van der Waals surface area contributed by atoms with Gasteiger partial charge < -0.3 is 9.64 Å². The molecule has 0 aliphatic carbocycles. The Morgan fingerprint density at radius 1 is 1.44 bits per heavy atom. The summed E-state index contributed by atoms with van der Waals surface area (Å²) in [6.45, 7) is 0.377. The van der Waals surface area contributed by atoms with Gasteiger partial charge in [-0.2, -0.15) is 0 Å². The maximum atomic E-state index is 13.1. The quantitative estimate of drug-likeness (QED) is 0.760. The first-order valence-electron chi connectivity index (χ1n) is 5.69. The second-order valence-corrected chi connectivity index (χ2v) is 4.21. The molecular formula is C12H14F2N2O2. The number of alkyl halides is 2. The Hall–Kier alpha value is -1.72. The van der Waals surface area contributed by atoms with Gasteiger partial charge in [0.25, 0.3) is 5.92 Å². The minimum Gasteiger partial charge on any atom is -0.465 e. The molecule has 6 heteroatoms. The molecule has 0 N–H and O–H groups in total. The Balaban J connectivity index is 2.21. The summed E-state index contributed by atoms with van der Waals surface area (Å²) in [7, 11) is 1.28. The van der Waals surface area contributed by atoms with Crippen molar-refractivity contribution in [2.75, 3.05) is 25.1 Å². The van der Waals surface area contributed by atoms with Crippen molar-refractivity contribution < 1.29 is 18.3 Å². The number of aromatic nitrogens is 1. The van der Waals surface area contributed by atoms with Crippen molar-refractivity contribution in [1.82, 2.24) is 4.98 Å². The Bertz CT molecular complexity index is 441. The molecule has 98 valence electrons. The van der Waals surface area contributed by atoms with Crippen LogP contribution >= 0.6 is 0 Å². The summed E-state index contributed by atoms with van der Waals surface area (Å²) in [5.74, 6) is -2.70. The van der Waals surface area contributed by atoms with E-state index in [1.54, 1.807) is 17.0 Å². The molecule has 0 radical (unpaired) electrons. The number of anilines is 1. The van der Waals surface area contributed by atoms with Crippen molar-refractivity contribution in [2.45, 2.75) is 18.8 Å².